The molecule has 1 aromatic heterocycles. The number of anilines is 1. The van der Waals surface area contributed by atoms with E-state index in [4.69, 9.17) is 9.47 Å². The van der Waals surface area contributed by atoms with Crippen molar-refractivity contribution in [3.63, 3.8) is 0 Å². The molecule has 0 atom stereocenters. The number of carbonyl (C=O) groups is 1. The lowest BCUT2D eigenvalue weighted by Crippen LogP contribution is -2.17. The molecule has 0 spiro atoms. The van der Waals surface area contributed by atoms with Crippen molar-refractivity contribution >= 4 is 33.1 Å². The highest BCUT2D eigenvalue weighted by Crippen LogP contribution is 2.31. The van der Waals surface area contributed by atoms with Gasteiger partial charge in [-0.15, -0.1) is 11.3 Å². The van der Waals surface area contributed by atoms with E-state index in [1.54, 1.807) is 35.0 Å². The number of benzene rings is 2. The third-order valence-corrected chi connectivity index (χ3v) is 4.19. The molecule has 0 unspecified atom stereocenters. The molecule has 3 aromatic rings. The average molecular weight is 312 g/mol. The molecule has 0 bridgehead atoms. The summed E-state index contributed by atoms with van der Waals surface area (Å²) in [5.74, 6) is 1.10. The highest BCUT2D eigenvalue weighted by atomic mass is 32.1. The van der Waals surface area contributed by atoms with Crippen LogP contribution in [-0.2, 0) is 0 Å². The minimum absolute atomic E-state index is 0.180. The molecular weight excluding hydrogens is 300 g/mol. The molecule has 2 aromatic carbocycles. The minimum atomic E-state index is -0.180. The van der Waals surface area contributed by atoms with E-state index in [1.807, 2.05) is 18.2 Å². The van der Waals surface area contributed by atoms with Crippen molar-refractivity contribution in [2.45, 2.75) is 0 Å². The molecule has 1 aliphatic rings. The Morgan fingerprint density at radius 3 is 2.86 bits per heavy atom. The lowest BCUT2D eigenvalue weighted by atomic mass is 10.1. The van der Waals surface area contributed by atoms with Gasteiger partial charge in [0.2, 0.25) is 0 Å². The lowest BCUT2D eigenvalue weighted by Gasteiger charge is -2.18. The normalized spacial score (nSPS) is 13.1. The lowest BCUT2D eigenvalue weighted by molar-refractivity contribution is 0.102. The standard InChI is InChI=1S/C16H12N2O3S/c19-16(10-1-4-13-14(7-10)21-6-5-20-13)18-11-2-3-12-15(8-11)22-9-17-12/h1-4,7-9H,5-6H2,(H,18,19). The summed E-state index contributed by atoms with van der Waals surface area (Å²) >= 11 is 1.54. The van der Waals surface area contributed by atoms with E-state index in [0.29, 0.717) is 30.3 Å². The minimum Gasteiger partial charge on any atom is -0.486 e. The summed E-state index contributed by atoms with van der Waals surface area (Å²) in [5, 5.41) is 2.89. The Bertz CT molecular complexity index is 859. The molecule has 1 aliphatic heterocycles. The van der Waals surface area contributed by atoms with Crippen LogP contribution in [0.15, 0.2) is 41.9 Å². The van der Waals surface area contributed by atoms with Gasteiger partial charge in [0.25, 0.3) is 5.91 Å². The third-order valence-electron chi connectivity index (χ3n) is 3.39. The molecule has 4 rings (SSSR count). The molecular formula is C16H12N2O3S. The fourth-order valence-electron chi connectivity index (χ4n) is 2.32. The largest absolute Gasteiger partial charge is 0.486 e. The smallest absolute Gasteiger partial charge is 0.255 e. The number of nitrogens with zero attached hydrogens (tertiary/aromatic N) is 1. The Morgan fingerprint density at radius 1 is 1.09 bits per heavy atom. The van der Waals surface area contributed by atoms with Gasteiger partial charge >= 0.3 is 0 Å². The number of ether oxygens (including phenoxy) is 2. The van der Waals surface area contributed by atoms with Crippen molar-refractivity contribution in [2.75, 3.05) is 18.5 Å². The molecule has 110 valence electrons. The van der Waals surface area contributed by atoms with Crippen molar-refractivity contribution in [1.82, 2.24) is 4.98 Å². The summed E-state index contributed by atoms with van der Waals surface area (Å²) in [7, 11) is 0. The number of amides is 1. The zero-order valence-corrected chi connectivity index (χ0v) is 12.4. The van der Waals surface area contributed by atoms with E-state index >= 15 is 0 Å². The zero-order valence-electron chi connectivity index (χ0n) is 11.5. The maximum Gasteiger partial charge on any atom is 0.255 e. The Kier molecular flexibility index (Phi) is 3.16. The fraction of sp³-hybridized carbons (Fsp3) is 0.125. The van der Waals surface area contributed by atoms with Gasteiger partial charge in [-0.1, -0.05) is 0 Å². The molecule has 2 heterocycles. The molecule has 0 saturated carbocycles. The van der Waals surface area contributed by atoms with Crippen molar-refractivity contribution < 1.29 is 14.3 Å². The van der Waals surface area contributed by atoms with Gasteiger partial charge in [-0.25, -0.2) is 4.98 Å². The molecule has 0 radical (unpaired) electrons. The van der Waals surface area contributed by atoms with Crippen LogP contribution in [0, 0.1) is 0 Å². The average Bonchev–Trinajstić information content (AvgIpc) is 3.02. The molecule has 22 heavy (non-hydrogen) atoms. The van der Waals surface area contributed by atoms with E-state index in [9.17, 15) is 4.79 Å². The van der Waals surface area contributed by atoms with Crippen molar-refractivity contribution in [2.24, 2.45) is 0 Å². The van der Waals surface area contributed by atoms with Gasteiger partial charge in [-0.3, -0.25) is 4.79 Å². The second-order valence-corrected chi connectivity index (χ2v) is 5.73. The number of thiazole rings is 1. The summed E-state index contributed by atoms with van der Waals surface area (Å²) in [6.45, 7) is 1.04. The Hall–Kier alpha value is -2.60. The molecule has 0 aliphatic carbocycles. The number of aromatic nitrogens is 1. The van der Waals surface area contributed by atoms with Gasteiger partial charge in [0.1, 0.15) is 13.2 Å². The van der Waals surface area contributed by atoms with Crippen molar-refractivity contribution in [3.8, 4) is 11.5 Å². The monoisotopic (exact) mass is 312 g/mol. The van der Waals surface area contributed by atoms with E-state index in [0.717, 1.165) is 15.9 Å². The maximum absolute atomic E-state index is 12.4. The first-order valence-electron chi connectivity index (χ1n) is 6.84. The highest BCUT2D eigenvalue weighted by molar-refractivity contribution is 7.16. The van der Waals surface area contributed by atoms with Gasteiger partial charge < -0.3 is 14.8 Å². The summed E-state index contributed by atoms with van der Waals surface area (Å²) in [5.41, 5.74) is 4.00. The van der Waals surface area contributed by atoms with Crippen LogP contribution in [0.2, 0.25) is 0 Å². The zero-order chi connectivity index (χ0) is 14.9. The molecule has 6 heteroatoms. The van der Waals surface area contributed by atoms with Crippen LogP contribution in [0.3, 0.4) is 0 Å². The van der Waals surface area contributed by atoms with E-state index in [-0.39, 0.29) is 5.91 Å². The van der Waals surface area contributed by atoms with Crippen LogP contribution in [0.5, 0.6) is 11.5 Å². The molecule has 0 saturated heterocycles. The number of fused-ring (bicyclic) bond motifs is 2. The Labute approximate surface area is 130 Å². The summed E-state index contributed by atoms with van der Waals surface area (Å²) in [6, 6.07) is 10.9. The van der Waals surface area contributed by atoms with Crippen LogP contribution < -0.4 is 14.8 Å². The number of hydrogen-bond acceptors (Lipinski definition) is 5. The third kappa shape index (κ3) is 2.37. The number of nitrogens with one attached hydrogen (secondary N) is 1. The molecule has 0 fully saturated rings. The number of hydrogen-bond donors (Lipinski definition) is 1. The molecule has 5 nitrogen and oxygen atoms in total. The van der Waals surface area contributed by atoms with E-state index in [2.05, 4.69) is 10.3 Å². The van der Waals surface area contributed by atoms with Crippen LogP contribution in [0.1, 0.15) is 10.4 Å². The van der Waals surface area contributed by atoms with Gasteiger partial charge in [0.15, 0.2) is 11.5 Å². The van der Waals surface area contributed by atoms with Crippen LogP contribution in [0.25, 0.3) is 10.2 Å². The van der Waals surface area contributed by atoms with Crippen LogP contribution >= 0.6 is 11.3 Å². The topological polar surface area (TPSA) is 60.5 Å². The number of rotatable bonds is 2. The van der Waals surface area contributed by atoms with Crippen molar-refractivity contribution in [3.05, 3.63) is 47.5 Å². The van der Waals surface area contributed by atoms with Gasteiger partial charge in [-0.2, -0.15) is 0 Å². The second kappa shape index (κ2) is 5.31. The van der Waals surface area contributed by atoms with Gasteiger partial charge in [0.05, 0.1) is 15.7 Å². The Morgan fingerprint density at radius 2 is 1.95 bits per heavy atom. The summed E-state index contributed by atoms with van der Waals surface area (Å²) < 4.78 is 12.0. The Balaban J connectivity index is 1.58. The SMILES string of the molecule is O=C(Nc1ccc2ncsc2c1)c1ccc2c(c1)OCCO2. The predicted octanol–water partition coefficient (Wildman–Crippen LogP) is 3.32. The van der Waals surface area contributed by atoms with E-state index in [1.165, 1.54) is 0 Å². The van der Waals surface area contributed by atoms with Crippen LogP contribution in [-0.4, -0.2) is 24.1 Å². The van der Waals surface area contributed by atoms with Crippen LogP contribution in [0.4, 0.5) is 5.69 Å². The van der Waals surface area contributed by atoms with Crippen molar-refractivity contribution in [1.29, 1.82) is 0 Å². The van der Waals surface area contributed by atoms with Gasteiger partial charge in [-0.05, 0) is 36.4 Å². The molecule has 1 amide bonds. The second-order valence-electron chi connectivity index (χ2n) is 4.85. The van der Waals surface area contributed by atoms with E-state index < -0.39 is 0 Å². The fourth-order valence-corrected chi connectivity index (χ4v) is 3.04. The summed E-state index contributed by atoms with van der Waals surface area (Å²) in [6.07, 6.45) is 0. The first kappa shape index (κ1) is 13.1. The quantitative estimate of drug-likeness (QED) is 0.788. The number of carbonyl (C=O) groups excluding carboxylic acids is 1. The highest BCUT2D eigenvalue weighted by Gasteiger charge is 2.15. The maximum atomic E-state index is 12.4. The predicted molar refractivity (Wildman–Crippen MR) is 85.0 cm³/mol. The first-order valence-corrected chi connectivity index (χ1v) is 7.72. The molecule has 1 N–H and O–H groups in total. The first-order chi connectivity index (χ1) is 10.8. The summed E-state index contributed by atoms with van der Waals surface area (Å²) in [4.78, 5) is 16.6. The van der Waals surface area contributed by atoms with Gasteiger partial charge in [0, 0.05) is 11.3 Å².